The van der Waals surface area contributed by atoms with Crippen molar-refractivity contribution in [1.82, 2.24) is 4.90 Å². The molecule has 0 spiro atoms. The number of rotatable bonds is 3. The third-order valence-electron chi connectivity index (χ3n) is 5.58. The van der Waals surface area contributed by atoms with Crippen LogP contribution in [0.2, 0.25) is 5.02 Å². The molecule has 2 aromatic rings. The number of fused-ring (bicyclic) bond motifs is 1. The van der Waals surface area contributed by atoms with Gasteiger partial charge in [-0.25, -0.2) is 8.42 Å². The van der Waals surface area contributed by atoms with Crippen LogP contribution in [0.4, 0.5) is 5.69 Å². The number of aryl methyl sites for hydroxylation is 1. The van der Waals surface area contributed by atoms with Gasteiger partial charge in [-0.15, -0.1) is 0 Å². The van der Waals surface area contributed by atoms with Crippen molar-refractivity contribution in [3.05, 3.63) is 70.8 Å². The number of halogens is 1. The Bertz CT molecular complexity index is 1070. The molecule has 0 aliphatic carbocycles. The predicted octanol–water partition coefficient (Wildman–Crippen LogP) is 4.27. The number of benzene rings is 2. The zero-order valence-electron chi connectivity index (χ0n) is 16.1. The Morgan fingerprint density at radius 2 is 1.72 bits per heavy atom. The van der Waals surface area contributed by atoms with E-state index in [0.29, 0.717) is 25.3 Å². The third kappa shape index (κ3) is 3.79. The highest BCUT2D eigenvalue weighted by Crippen LogP contribution is 2.33. The minimum atomic E-state index is -3.80. The molecule has 2 aliphatic rings. The van der Waals surface area contributed by atoms with Crippen molar-refractivity contribution in [3.8, 4) is 0 Å². The molecule has 1 fully saturated rings. The second-order valence-electron chi connectivity index (χ2n) is 7.49. The Morgan fingerprint density at radius 1 is 1.00 bits per heavy atom. The van der Waals surface area contributed by atoms with E-state index >= 15 is 0 Å². The van der Waals surface area contributed by atoms with Crippen LogP contribution in [0.25, 0.3) is 0 Å². The van der Waals surface area contributed by atoms with E-state index in [1.807, 2.05) is 24.3 Å². The fourth-order valence-corrected chi connectivity index (χ4v) is 5.67. The van der Waals surface area contributed by atoms with Crippen molar-refractivity contribution >= 4 is 33.2 Å². The van der Waals surface area contributed by atoms with Gasteiger partial charge in [0, 0.05) is 19.6 Å². The lowest BCUT2D eigenvalue weighted by Gasteiger charge is -2.31. The van der Waals surface area contributed by atoms with Crippen molar-refractivity contribution in [1.29, 1.82) is 0 Å². The average molecular weight is 431 g/mol. The number of para-hydroxylation sites is 1. The van der Waals surface area contributed by atoms with Crippen molar-refractivity contribution in [3.63, 3.8) is 0 Å². The molecule has 2 aliphatic heterocycles. The van der Waals surface area contributed by atoms with Crippen LogP contribution in [0.3, 0.4) is 0 Å². The van der Waals surface area contributed by atoms with Crippen LogP contribution in [-0.2, 0) is 16.4 Å². The van der Waals surface area contributed by atoms with Crippen LogP contribution in [0, 0.1) is 0 Å². The topological polar surface area (TPSA) is 57.7 Å². The summed E-state index contributed by atoms with van der Waals surface area (Å²) in [4.78, 5) is 14.8. The fourth-order valence-electron chi connectivity index (χ4n) is 3.90. The predicted molar refractivity (Wildman–Crippen MR) is 115 cm³/mol. The van der Waals surface area contributed by atoms with Gasteiger partial charge in [-0.1, -0.05) is 42.0 Å². The highest BCUT2D eigenvalue weighted by molar-refractivity contribution is 7.92. The van der Waals surface area contributed by atoms with E-state index in [2.05, 4.69) is 6.58 Å². The second kappa shape index (κ2) is 7.84. The molecule has 0 radical (unpaired) electrons. The van der Waals surface area contributed by atoms with Crippen LogP contribution < -0.4 is 4.31 Å². The number of anilines is 1. The summed E-state index contributed by atoms with van der Waals surface area (Å²) in [6, 6.07) is 11.9. The molecule has 0 aromatic heterocycles. The number of hydrogen-bond acceptors (Lipinski definition) is 3. The smallest absolute Gasteiger partial charge is 0.264 e. The van der Waals surface area contributed by atoms with Gasteiger partial charge in [0.15, 0.2) is 0 Å². The lowest BCUT2D eigenvalue weighted by molar-refractivity contribution is 0.0743. The van der Waals surface area contributed by atoms with Gasteiger partial charge in [0.2, 0.25) is 0 Å². The maximum Gasteiger partial charge on any atom is 0.264 e. The van der Waals surface area contributed by atoms with Gasteiger partial charge in [-0.05, 0) is 55.5 Å². The molecule has 0 bridgehead atoms. The minimum Gasteiger partial charge on any atom is -0.338 e. The Hall–Kier alpha value is -2.31. The van der Waals surface area contributed by atoms with Crippen LogP contribution in [0.15, 0.2) is 59.5 Å². The van der Waals surface area contributed by atoms with Crippen LogP contribution in [0.1, 0.15) is 35.2 Å². The highest BCUT2D eigenvalue weighted by atomic mass is 35.5. The van der Waals surface area contributed by atoms with Crippen molar-refractivity contribution in [2.45, 2.75) is 30.6 Å². The molecule has 1 saturated heterocycles. The summed E-state index contributed by atoms with van der Waals surface area (Å²) < 4.78 is 28.2. The molecule has 7 heteroatoms. The molecule has 0 saturated carbocycles. The van der Waals surface area contributed by atoms with Gasteiger partial charge >= 0.3 is 0 Å². The van der Waals surface area contributed by atoms with Gasteiger partial charge in [-0.3, -0.25) is 9.10 Å². The van der Waals surface area contributed by atoms with E-state index < -0.39 is 10.0 Å². The number of nitrogens with zero attached hydrogens (tertiary/aromatic N) is 2. The van der Waals surface area contributed by atoms with E-state index in [0.717, 1.165) is 36.8 Å². The Labute approximate surface area is 176 Å². The number of amides is 1. The molecule has 5 nitrogen and oxygen atoms in total. The van der Waals surface area contributed by atoms with E-state index in [9.17, 15) is 13.2 Å². The van der Waals surface area contributed by atoms with Crippen molar-refractivity contribution < 1.29 is 13.2 Å². The summed E-state index contributed by atoms with van der Waals surface area (Å²) in [5.74, 6) is -0.237. The Kier molecular flexibility index (Phi) is 5.40. The van der Waals surface area contributed by atoms with Gasteiger partial charge in [-0.2, -0.15) is 0 Å². The number of sulfonamides is 1. The number of likely N-dealkylation sites (tertiary alicyclic amines) is 1. The second-order valence-corrected chi connectivity index (χ2v) is 9.76. The summed E-state index contributed by atoms with van der Waals surface area (Å²) >= 11 is 6.28. The lowest BCUT2D eigenvalue weighted by Crippen LogP contribution is -2.37. The summed E-state index contributed by atoms with van der Waals surface area (Å²) in [5, 5.41) is 0.261. The molecule has 0 atom stereocenters. The first-order chi connectivity index (χ1) is 13.9. The van der Waals surface area contributed by atoms with Crippen LogP contribution >= 0.6 is 11.6 Å². The van der Waals surface area contributed by atoms with Gasteiger partial charge < -0.3 is 4.90 Å². The molecule has 29 heavy (non-hydrogen) atoms. The lowest BCUT2D eigenvalue weighted by atomic mass is 10.0. The Balaban J connectivity index is 1.68. The molecule has 2 heterocycles. The summed E-state index contributed by atoms with van der Waals surface area (Å²) in [5.41, 5.74) is 3.07. The molecule has 0 unspecified atom stereocenters. The van der Waals surface area contributed by atoms with E-state index in [1.54, 1.807) is 4.90 Å². The van der Waals surface area contributed by atoms with Crippen molar-refractivity contribution in [2.24, 2.45) is 0 Å². The van der Waals surface area contributed by atoms with Crippen LogP contribution in [0.5, 0.6) is 0 Å². The normalized spacial score (nSPS) is 17.2. The standard InChI is InChI=1S/C22H23ClN2O3S/c1-16-10-13-24(14-11-16)22(26)19-15-18(8-9-20(19)23)29(27,28)25-12-4-6-17-5-2-3-7-21(17)25/h2-3,5,7-9,15H,1,4,6,10-14H2. The van der Waals surface area contributed by atoms with Gasteiger partial charge in [0.25, 0.3) is 15.9 Å². The zero-order chi connectivity index (χ0) is 20.6. The van der Waals surface area contributed by atoms with E-state index in [1.165, 1.54) is 22.5 Å². The number of carbonyl (C=O) groups is 1. The molecule has 2 aromatic carbocycles. The third-order valence-corrected chi connectivity index (χ3v) is 7.72. The van der Waals surface area contributed by atoms with Crippen molar-refractivity contribution in [2.75, 3.05) is 23.9 Å². The average Bonchev–Trinajstić information content (AvgIpc) is 2.73. The zero-order valence-corrected chi connectivity index (χ0v) is 17.7. The molecule has 152 valence electrons. The molecule has 0 N–H and O–H groups in total. The van der Waals surface area contributed by atoms with Gasteiger partial charge in [0.1, 0.15) is 0 Å². The minimum absolute atomic E-state index is 0.0865. The monoisotopic (exact) mass is 430 g/mol. The summed E-state index contributed by atoms with van der Waals surface area (Å²) in [6.45, 7) is 5.53. The largest absolute Gasteiger partial charge is 0.338 e. The van der Waals surface area contributed by atoms with E-state index in [4.69, 9.17) is 11.6 Å². The SMILES string of the molecule is C=C1CCN(C(=O)c2cc(S(=O)(=O)N3CCCc4ccccc43)ccc2Cl)CC1. The Morgan fingerprint density at radius 3 is 2.48 bits per heavy atom. The molecule has 4 rings (SSSR count). The molecular weight excluding hydrogens is 408 g/mol. The van der Waals surface area contributed by atoms with Gasteiger partial charge in [0.05, 0.1) is 21.2 Å². The quantitative estimate of drug-likeness (QED) is 0.683. The van der Waals surface area contributed by atoms with Crippen LogP contribution in [-0.4, -0.2) is 38.9 Å². The fraction of sp³-hybridized carbons (Fsp3) is 0.318. The number of hydrogen-bond donors (Lipinski definition) is 0. The van der Waals surface area contributed by atoms with E-state index in [-0.39, 0.29) is 21.4 Å². The first-order valence-electron chi connectivity index (χ1n) is 9.74. The number of piperidine rings is 1. The number of carbonyl (C=O) groups excluding carboxylic acids is 1. The maximum absolute atomic E-state index is 13.4. The maximum atomic E-state index is 13.4. The summed E-state index contributed by atoms with van der Waals surface area (Å²) in [7, 11) is -3.80. The molecular formula is C22H23ClN2O3S. The first-order valence-corrected chi connectivity index (χ1v) is 11.6. The summed E-state index contributed by atoms with van der Waals surface area (Å²) in [6.07, 6.45) is 3.12. The highest BCUT2D eigenvalue weighted by Gasteiger charge is 2.30. The molecule has 1 amide bonds. The first kappa shape index (κ1) is 20.0.